The smallest absolute Gasteiger partial charge is 0.123 e. The van der Waals surface area contributed by atoms with Gasteiger partial charge < -0.3 is 9.53 Å². The second-order valence-electron chi connectivity index (χ2n) is 3.64. The minimum atomic E-state index is 0.257. The highest BCUT2D eigenvalue weighted by Gasteiger charge is 2.37. The zero-order valence-corrected chi connectivity index (χ0v) is 8.27. The van der Waals surface area contributed by atoms with Gasteiger partial charge in [0.2, 0.25) is 0 Å². The molecule has 0 N–H and O–H groups in total. The summed E-state index contributed by atoms with van der Waals surface area (Å²) in [4.78, 5) is 10.5. The molecule has 0 radical (unpaired) electrons. The minimum absolute atomic E-state index is 0.257. The van der Waals surface area contributed by atoms with Crippen LogP contribution in [-0.4, -0.2) is 12.9 Å². The van der Waals surface area contributed by atoms with E-state index in [0.29, 0.717) is 12.5 Å². The molecule has 74 valence electrons. The van der Waals surface area contributed by atoms with Crippen LogP contribution in [-0.2, 0) is 4.79 Å². The van der Waals surface area contributed by atoms with E-state index in [9.17, 15) is 4.79 Å². The van der Waals surface area contributed by atoms with Crippen molar-refractivity contribution in [3.63, 3.8) is 0 Å². The van der Waals surface area contributed by atoms with Gasteiger partial charge in [-0.1, -0.05) is 12.1 Å². The van der Waals surface area contributed by atoms with Crippen LogP contribution in [0.15, 0.2) is 24.3 Å². The molecule has 1 saturated carbocycles. The Bertz CT molecular complexity index is 316. The summed E-state index contributed by atoms with van der Waals surface area (Å²) in [5.74, 6) is 1.62. The molecule has 1 fully saturated rings. The lowest BCUT2D eigenvalue weighted by atomic mass is 10.1. The lowest BCUT2D eigenvalue weighted by molar-refractivity contribution is -0.108. The van der Waals surface area contributed by atoms with Crippen LogP contribution < -0.4 is 4.74 Å². The predicted octanol–water partition coefficient (Wildman–Crippen LogP) is 2.39. The largest absolute Gasteiger partial charge is 0.494 e. The summed E-state index contributed by atoms with van der Waals surface area (Å²) in [6.45, 7) is 2.66. The van der Waals surface area contributed by atoms with Gasteiger partial charge in [-0.15, -0.1) is 0 Å². The fraction of sp³-hybridized carbons (Fsp3) is 0.417. The third kappa shape index (κ3) is 1.79. The maximum Gasteiger partial charge on any atom is 0.123 e. The number of hydrogen-bond acceptors (Lipinski definition) is 2. The summed E-state index contributed by atoms with van der Waals surface area (Å²) in [6.07, 6.45) is 2.07. The molecule has 1 aliphatic carbocycles. The molecule has 0 spiro atoms. The summed E-state index contributed by atoms with van der Waals surface area (Å²) < 4.78 is 5.34. The van der Waals surface area contributed by atoms with Crippen molar-refractivity contribution in [2.45, 2.75) is 19.3 Å². The standard InChI is InChI=1S/C12H14O2/c1-2-14-11-5-3-9(4-6-11)12-7-10(12)8-13/h3-6,8,10,12H,2,7H2,1H3/t10-,12+/m0/s1. The number of carbonyl (C=O) groups is 1. The first-order chi connectivity index (χ1) is 6.85. The number of aldehydes is 1. The topological polar surface area (TPSA) is 26.3 Å². The fourth-order valence-electron chi connectivity index (χ4n) is 1.73. The maximum absolute atomic E-state index is 10.5. The molecule has 2 heteroatoms. The van der Waals surface area contributed by atoms with Gasteiger partial charge in [0, 0.05) is 5.92 Å². The van der Waals surface area contributed by atoms with Gasteiger partial charge in [-0.05, 0) is 37.0 Å². The third-order valence-electron chi connectivity index (χ3n) is 2.63. The molecule has 1 aromatic rings. The van der Waals surface area contributed by atoms with Crippen molar-refractivity contribution in [2.75, 3.05) is 6.61 Å². The normalized spacial score (nSPS) is 24.4. The van der Waals surface area contributed by atoms with E-state index in [0.717, 1.165) is 18.5 Å². The highest BCUT2D eigenvalue weighted by atomic mass is 16.5. The molecule has 0 bridgehead atoms. The van der Waals surface area contributed by atoms with E-state index in [2.05, 4.69) is 12.1 Å². The highest BCUT2D eigenvalue weighted by molar-refractivity contribution is 5.61. The summed E-state index contributed by atoms with van der Waals surface area (Å²) in [7, 11) is 0. The zero-order valence-electron chi connectivity index (χ0n) is 8.27. The Morgan fingerprint density at radius 1 is 1.43 bits per heavy atom. The summed E-state index contributed by atoms with van der Waals surface area (Å²) in [5, 5.41) is 0. The maximum atomic E-state index is 10.5. The van der Waals surface area contributed by atoms with E-state index in [1.54, 1.807) is 0 Å². The SMILES string of the molecule is CCOc1ccc([C@H]2C[C@H]2C=O)cc1. The van der Waals surface area contributed by atoms with Crippen LogP contribution >= 0.6 is 0 Å². The Labute approximate surface area is 83.9 Å². The number of carbonyl (C=O) groups excluding carboxylic acids is 1. The van der Waals surface area contributed by atoms with Gasteiger partial charge in [0.05, 0.1) is 6.61 Å². The summed E-state index contributed by atoms with van der Waals surface area (Å²) in [5.41, 5.74) is 1.26. The Balaban J connectivity index is 2.04. The van der Waals surface area contributed by atoms with Crippen molar-refractivity contribution in [1.29, 1.82) is 0 Å². The van der Waals surface area contributed by atoms with E-state index >= 15 is 0 Å². The Hall–Kier alpha value is -1.31. The first kappa shape index (κ1) is 9.25. The van der Waals surface area contributed by atoms with Crippen molar-refractivity contribution < 1.29 is 9.53 Å². The number of benzene rings is 1. The number of rotatable bonds is 4. The van der Waals surface area contributed by atoms with Gasteiger partial charge in [0.25, 0.3) is 0 Å². The molecule has 0 aliphatic heterocycles. The predicted molar refractivity (Wildman–Crippen MR) is 54.5 cm³/mol. The van der Waals surface area contributed by atoms with Crippen LogP contribution in [0.4, 0.5) is 0 Å². The molecule has 0 saturated heterocycles. The van der Waals surface area contributed by atoms with Crippen LogP contribution in [0.1, 0.15) is 24.8 Å². The van der Waals surface area contributed by atoms with Gasteiger partial charge in [0.15, 0.2) is 0 Å². The molecular weight excluding hydrogens is 176 g/mol. The van der Waals surface area contributed by atoms with Crippen LogP contribution in [0.2, 0.25) is 0 Å². The first-order valence-electron chi connectivity index (χ1n) is 5.03. The van der Waals surface area contributed by atoms with Crippen molar-refractivity contribution in [3.05, 3.63) is 29.8 Å². The molecule has 1 aliphatic rings. The van der Waals surface area contributed by atoms with E-state index in [1.165, 1.54) is 5.56 Å². The molecule has 0 aromatic heterocycles. The molecule has 14 heavy (non-hydrogen) atoms. The average Bonchev–Trinajstić information content (AvgIpc) is 2.99. The fourth-order valence-corrected chi connectivity index (χ4v) is 1.73. The zero-order chi connectivity index (χ0) is 9.97. The molecular formula is C12H14O2. The molecule has 0 amide bonds. The number of ether oxygens (including phenoxy) is 1. The van der Waals surface area contributed by atoms with E-state index < -0.39 is 0 Å². The lowest BCUT2D eigenvalue weighted by Gasteiger charge is -2.03. The molecule has 2 rings (SSSR count). The van der Waals surface area contributed by atoms with Gasteiger partial charge in [-0.2, -0.15) is 0 Å². The van der Waals surface area contributed by atoms with E-state index in [-0.39, 0.29) is 5.92 Å². The summed E-state index contributed by atoms with van der Waals surface area (Å²) >= 11 is 0. The molecule has 0 unspecified atom stereocenters. The van der Waals surface area contributed by atoms with Crippen LogP contribution in [0, 0.1) is 5.92 Å². The summed E-state index contributed by atoms with van der Waals surface area (Å²) in [6, 6.07) is 8.05. The van der Waals surface area contributed by atoms with Crippen molar-refractivity contribution >= 4 is 6.29 Å². The quantitative estimate of drug-likeness (QED) is 0.681. The van der Waals surface area contributed by atoms with E-state index in [4.69, 9.17) is 4.74 Å². The second-order valence-corrected chi connectivity index (χ2v) is 3.64. The van der Waals surface area contributed by atoms with Crippen LogP contribution in [0.25, 0.3) is 0 Å². The van der Waals surface area contributed by atoms with Crippen molar-refractivity contribution in [2.24, 2.45) is 5.92 Å². The molecule has 0 heterocycles. The molecule has 2 atom stereocenters. The van der Waals surface area contributed by atoms with Gasteiger partial charge in [0.1, 0.15) is 12.0 Å². The van der Waals surface area contributed by atoms with Crippen molar-refractivity contribution in [3.8, 4) is 5.75 Å². The Morgan fingerprint density at radius 2 is 2.14 bits per heavy atom. The van der Waals surface area contributed by atoms with Crippen LogP contribution in [0.3, 0.4) is 0 Å². The van der Waals surface area contributed by atoms with E-state index in [1.807, 2.05) is 19.1 Å². The average molecular weight is 190 g/mol. The molecule has 2 nitrogen and oxygen atoms in total. The van der Waals surface area contributed by atoms with Gasteiger partial charge in [-0.25, -0.2) is 0 Å². The number of hydrogen-bond donors (Lipinski definition) is 0. The molecule has 1 aromatic carbocycles. The minimum Gasteiger partial charge on any atom is -0.494 e. The Kier molecular flexibility index (Phi) is 2.53. The van der Waals surface area contributed by atoms with Crippen LogP contribution in [0.5, 0.6) is 5.75 Å². The highest BCUT2D eigenvalue weighted by Crippen LogP contribution is 2.46. The second kappa shape index (κ2) is 3.82. The first-order valence-corrected chi connectivity index (χ1v) is 5.03. The lowest BCUT2D eigenvalue weighted by Crippen LogP contribution is -1.91. The van der Waals surface area contributed by atoms with Gasteiger partial charge >= 0.3 is 0 Å². The van der Waals surface area contributed by atoms with Crippen molar-refractivity contribution in [1.82, 2.24) is 0 Å². The monoisotopic (exact) mass is 190 g/mol. The third-order valence-corrected chi connectivity index (χ3v) is 2.63. The Morgan fingerprint density at radius 3 is 2.64 bits per heavy atom. The van der Waals surface area contributed by atoms with Gasteiger partial charge in [-0.3, -0.25) is 0 Å².